The van der Waals surface area contributed by atoms with Crippen LogP contribution < -0.4 is 10.1 Å². The number of aromatic nitrogens is 2. The molecule has 0 bridgehead atoms. The average Bonchev–Trinajstić information content (AvgIpc) is 2.96. The first-order valence-corrected chi connectivity index (χ1v) is 8.64. The van der Waals surface area contributed by atoms with Crippen molar-refractivity contribution in [2.75, 3.05) is 13.2 Å². The average molecular weight is 399 g/mol. The lowest BCUT2D eigenvalue weighted by molar-refractivity contribution is -0.123. The van der Waals surface area contributed by atoms with Crippen molar-refractivity contribution in [1.82, 2.24) is 15.3 Å². The molecule has 0 fully saturated rings. The summed E-state index contributed by atoms with van der Waals surface area (Å²) in [4.78, 5) is 19.4. The van der Waals surface area contributed by atoms with Crippen molar-refractivity contribution in [3.05, 3.63) is 57.3 Å². The van der Waals surface area contributed by atoms with E-state index in [9.17, 15) is 4.79 Å². The van der Waals surface area contributed by atoms with E-state index >= 15 is 0 Å². The van der Waals surface area contributed by atoms with E-state index in [-0.39, 0.29) is 12.5 Å². The third-order valence-electron chi connectivity index (χ3n) is 3.45. The summed E-state index contributed by atoms with van der Waals surface area (Å²) < 4.78 is 5.38. The Balaban J connectivity index is 1.49. The Morgan fingerprint density at radius 2 is 1.88 bits per heavy atom. The van der Waals surface area contributed by atoms with Crippen molar-refractivity contribution < 1.29 is 9.53 Å². The minimum atomic E-state index is -0.234. The van der Waals surface area contributed by atoms with E-state index in [1.165, 1.54) is 0 Å². The monoisotopic (exact) mass is 397 g/mol. The van der Waals surface area contributed by atoms with E-state index in [1.807, 2.05) is 0 Å². The van der Waals surface area contributed by atoms with Crippen LogP contribution in [0.15, 0.2) is 36.4 Å². The van der Waals surface area contributed by atoms with Gasteiger partial charge in [0.1, 0.15) is 11.6 Å². The number of H-pyrrole nitrogens is 1. The third-order valence-corrected chi connectivity index (χ3v) is 4.49. The fourth-order valence-corrected chi connectivity index (χ4v) is 2.76. The number of ether oxygens (including phenoxy) is 1. The Morgan fingerprint density at radius 3 is 2.68 bits per heavy atom. The minimum Gasteiger partial charge on any atom is -0.482 e. The van der Waals surface area contributed by atoms with Gasteiger partial charge in [0, 0.05) is 13.0 Å². The molecule has 0 saturated heterocycles. The molecule has 0 atom stereocenters. The zero-order valence-electron chi connectivity index (χ0n) is 13.0. The number of hydrogen-bond acceptors (Lipinski definition) is 3. The smallest absolute Gasteiger partial charge is 0.257 e. The number of imidazole rings is 1. The van der Waals surface area contributed by atoms with Crippen LogP contribution in [0.5, 0.6) is 5.75 Å². The summed E-state index contributed by atoms with van der Waals surface area (Å²) >= 11 is 17.9. The van der Waals surface area contributed by atoms with Crippen LogP contribution in [0.2, 0.25) is 15.1 Å². The maximum absolute atomic E-state index is 11.8. The van der Waals surface area contributed by atoms with Crippen LogP contribution >= 0.6 is 34.8 Å². The van der Waals surface area contributed by atoms with Gasteiger partial charge in [0.15, 0.2) is 6.61 Å². The van der Waals surface area contributed by atoms with Crippen LogP contribution in [0.3, 0.4) is 0 Å². The number of rotatable bonds is 6. The van der Waals surface area contributed by atoms with Crippen molar-refractivity contribution in [3.63, 3.8) is 0 Å². The molecule has 8 heteroatoms. The zero-order chi connectivity index (χ0) is 17.8. The van der Waals surface area contributed by atoms with Crippen LogP contribution in [-0.2, 0) is 11.2 Å². The van der Waals surface area contributed by atoms with Gasteiger partial charge in [-0.1, -0.05) is 46.9 Å². The summed E-state index contributed by atoms with van der Waals surface area (Å²) in [7, 11) is 0. The van der Waals surface area contributed by atoms with E-state index in [1.54, 1.807) is 36.4 Å². The normalized spacial score (nSPS) is 10.8. The van der Waals surface area contributed by atoms with E-state index < -0.39 is 0 Å². The maximum Gasteiger partial charge on any atom is 0.257 e. The van der Waals surface area contributed by atoms with Gasteiger partial charge < -0.3 is 15.0 Å². The van der Waals surface area contributed by atoms with Crippen molar-refractivity contribution in [3.8, 4) is 5.75 Å². The number of para-hydroxylation sites is 1. The summed E-state index contributed by atoms with van der Waals surface area (Å²) in [6.45, 7) is 0.321. The van der Waals surface area contributed by atoms with E-state index in [2.05, 4.69) is 15.3 Å². The summed E-state index contributed by atoms with van der Waals surface area (Å²) in [6, 6.07) is 10.4. The van der Waals surface area contributed by atoms with Gasteiger partial charge in [0.25, 0.3) is 5.91 Å². The topological polar surface area (TPSA) is 67.0 Å². The van der Waals surface area contributed by atoms with Crippen LogP contribution in [0.25, 0.3) is 11.0 Å². The molecule has 3 aromatic rings. The van der Waals surface area contributed by atoms with E-state index in [4.69, 9.17) is 39.5 Å². The molecule has 5 nitrogen and oxygen atoms in total. The predicted octanol–water partition coefficient (Wildman–Crippen LogP) is 4.26. The minimum absolute atomic E-state index is 0.102. The Morgan fingerprint density at radius 1 is 1.12 bits per heavy atom. The van der Waals surface area contributed by atoms with Crippen molar-refractivity contribution >= 4 is 51.7 Å². The summed E-state index contributed by atoms with van der Waals surface area (Å²) in [5.74, 6) is 0.980. The first-order chi connectivity index (χ1) is 12.0. The highest BCUT2D eigenvalue weighted by Gasteiger charge is 2.08. The maximum atomic E-state index is 11.8. The van der Waals surface area contributed by atoms with Crippen molar-refractivity contribution in [1.29, 1.82) is 0 Å². The number of aromatic amines is 1. The van der Waals surface area contributed by atoms with Gasteiger partial charge in [-0.25, -0.2) is 4.98 Å². The number of hydrogen-bond donors (Lipinski definition) is 2. The predicted molar refractivity (Wildman–Crippen MR) is 99.8 cm³/mol. The molecule has 0 unspecified atom stereocenters. The van der Waals surface area contributed by atoms with E-state index in [0.29, 0.717) is 33.8 Å². The van der Waals surface area contributed by atoms with Crippen LogP contribution in [0.4, 0.5) is 0 Å². The fraction of sp³-hybridized carbons (Fsp3) is 0.176. The van der Waals surface area contributed by atoms with Gasteiger partial charge in [0.2, 0.25) is 0 Å². The van der Waals surface area contributed by atoms with Crippen LogP contribution in [0, 0.1) is 0 Å². The third kappa shape index (κ3) is 4.57. The van der Waals surface area contributed by atoms with Gasteiger partial charge in [-0.3, -0.25) is 4.79 Å². The molecule has 1 amide bonds. The molecule has 0 spiro atoms. The molecule has 0 saturated carbocycles. The largest absolute Gasteiger partial charge is 0.482 e. The van der Waals surface area contributed by atoms with Crippen LogP contribution in [0.1, 0.15) is 5.82 Å². The number of halogens is 3. The molecule has 0 aliphatic rings. The quantitative estimate of drug-likeness (QED) is 0.652. The number of fused-ring (bicyclic) bond motifs is 1. The molecular formula is C17H14Cl3N3O2. The number of nitrogens with zero attached hydrogens (tertiary/aromatic N) is 1. The molecule has 1 heterocycles. The molecule has 1 aromatic heterocycles. The molecule has 0 aliphatic carbocycles. The lowest BCUT2D eigenvalue weighted by Crippen LogP contribution is -2.30. The summed E-state index contributed by atoms with van der Waals surface area (Å²) in [5, 5.41) is 4.16. The van der Waals surface area contributed by atoms with Gasteiger partial charge >= 0.3 is 0 Å². The Labute approximate surface area is 159 Å². The first kappa shape index (κ1) is 17.9. The van der Waals surface area contributed by atoms with Gasteiger partial charge in [-0.2, -0.15) is 0 Å². The van der Waals surface area contributed by atoms with Crippen molar-refractivity contribution in [2.24, 2.45) is 0 Å². The Bertz CT molecular complexity index is 872. The van der Waals surface area contributed by atoms with Crippen molar-refractivity contribution in [2.45, 2.75) is 6.42 Å². The highest BCUT2D eigenvalue weighted by Crippen LogP contribution is 2.26. The molecule has 25 heavy (non-hydrogen) atoms. The number of nitrogens with one attached hydrogen (secondary N) is 2. The first-order valence-electron chi connectivity index (χ1n) is 7.50. The van der Waals surface area contributed by atoms with Gasteiger partial charge in [-0.05, 0) is 24.3 Å². The Kier molecular flexibility index (Phi) is 5.68. The number of benzene rings is 2. The highest BCUT2D eigenvalue weighted by molar-refractivity contribution is 6.42. The summed E-state index contributed by atoms with van der Waals surface area (Å²) in [6.07, 6.45) is 0.543. The lowest BCUT2D eigenvalue weighted by Gasteiger charge is -2.08. The molecular weight excluding hydrogens is 385 g/mol. The number of amides is 1. The molecule has 130 valence electrons. The SMILES string of the molecule is O=C(COc1ccccc1Cl)NCCc1nc2cc(Cl)c(Cl)cc2[nH]1. The molecule has 2 aromatic carbocycles. The number of carbonyl (C=O) groups excluding carboxylic acids is 1. The second-order valence-corrected chi connectivity index (χ2v) is 6.51. The van der Waals surface area contributed by atoms with E-state index in [0.717, 1.165) is 16.9 Å². The second-order valence-electron chi connectivity index (χ2n) is 5.29. The van der Waals surface area contributed by atoms with Crippen LogP contribution in [-0.4, -0.2) is 29.0 Å². The molecule has 3 rings (SSSR count). The second kappa shape index (κ2) is 7.95. The molecule has 0 aliphatic heterocycles. The summed E-state index contributed by atoms with van der Waals surface area (Å²) in [5.41, 5.74) is 1.54. The lowest BCUT2D eigenvalue weighted by atomic mass is 10.3. The zero-order valence-corrected chi connectivity index (χ0v) is 15.3. The standard InChI is InChI=1S/C17H14Cl3N3O2/c18-10-3-1-2-4-15(10)25-9-17(24)21-6-5-16-22-13-7-11(19)12(20)8-14(13)23-16/h1-4,7-8H,5-6,9H2,(H,21,24)(H,22,23). The fourth-order valence-electron chi connectivity index (χ4n) is 2.25. The van der Waals surface area contributed by atoms with Gasteiger partial charge in [-0.15, -0.1) is 0 Å². The van der Waals surface area contributed by atoms with Gasteiger partial charge in [0.05, 0.1) is 26.1 Å². The highest BCUT2D eigenvalue weighted by atomic mass is 35.5. The molecule has 0 radical (unpaired) electrons. The number of carbonyl (C=O) groups is 1. The molecule has 2 N–H and O–H groups in total. The Hall–Kier alpha value is -1.95.